The first kappa shape index (κ1) is 27.0. The molecule has 226 valence electrons. The third-order valence-electron chi connectivity index (χ3n) is 9.14. The summed E-state index contributed by atoms with van der Waals surface area (Å²) in [6, 6.07) is 50.4. The van der Waals surface area contributed by atoms with Crippen LogP contribution in [0.3, 0.4) is 0 Å². The van der Waals surface area contributed by atoms with Crippen LogP contribution in [0, 0.1) is 0 Å². The third kappa shape index (κ3) is 4.34. The number of aliphatic imine (C=N–C) groups is 2. The normalized spacial score (nSPS) is 14.9. The molecule has 1 unspecified atom stereocenters. The number of amidine groups is 2. The number of furan rings is 1. The van der Waals surface area contributed by atoms with Crippen LogP contribution >= 0.6 is 11.3 Å². The Labute approximate surface area is 279 Å². The number of fused-ring (bicyclic) bond motifs is 7. The van der Waals surface area contributed by atoms with Crippen LogP contribution in [0.1, 0.15) is 22.9 Å². The smallest absolute Gasteiger partial charge is 0.228 e. The Bertz CT molecular complexity index is 2760. The van der Waals surface area contributed by atoms with E-state index in [0.29, 0.717) is 11.5 Å². The van der Waals surface area contributed by atoms with E-state index in [4.69, 9.17) is 19.4 Å². The molecule has 48 heavy (non-hydrogen) atoms. The topological polar surface area (TPSA) is 62.8 Å². The fourth-order valence-corrected chi connectivity index (χ4v) is 8.07. The van der Waals surface area contributed by atoms with Crippen LogP contribution in [0.4, 0.5) is 0 Å². The summed E-state index contributed by atoms with van der Waals surface area (Å²) in [5, 5.41) is 10.4. The summed E-state index contributed by atoms with van der Waals surface area (Å²) in [5.74, 6) is 1.40. The van der Waals surface area contributed by atoms with Crippen molar-refractivity contribution in [2.24, 2.45) is 9.98 Å². The monoisotopic (exact) mass is 634 g/mol. The molecule has 0 spiro atoms. The van der Waals surface area contributed by atoms with Crippen LogP contribution in [0.5, 0.6) is 0 Å². The molecule has 0 saturated carbocycles. The highest BCUT2D eigenvalue weighted by Crippen LogP contribution is 2.42. The second-order valence-electron chi connectivity index (χ2n) is 12.0. The van der Waals surface area contributed by atoms with E-state index in [1.807, 2.05) is 36.4 Å². The molecule has 9 aromatic rings. The van der Waals surface area contributed by atoms with E-state index < -0.39 is 0 Å². The summed E-state index contributed by atoms with van der Waals surface area (Å²) in [7, 11) is 0. The Balaban J connectivity index is 1.27. The van der Waals surface area contributed by atoms with Crippen LogP contribution in [-0.4, -0.2) is 16.7 Å². The van der Waals surface area contributed by atoms with Crippen molar-refractivity contribution >= 4 is 76.0 Å². The summed E-state index contributed by atoms with van der Waals surface area (Å²) in [6.45, 7) is 0. The Kier molecular flexibility index (Phi) is 6.04. The molecule has 0 aliphatic carbocycles. The van der Waals surface area contributed by atoms with Gasteiger partial charge in [0.05, 0.1) is 11.1 Å². The predicted octanol–water partition coefficient (Wildman–Crippen LogP) is 10.7. The zero-order valence-electron chi connectivity index (χ0n) is 25.6. The van der Waals surface area contributed by atoms with Crippen molar-refractivity contribution in [2.75, 3.05) is 0 Å². The molecule has 1 N–H and O–H groups in total. The van der Waals surface area contributed by atoms with E-state index in [1.54, 1.807) is 11.3 Å². The average molecular weight is 635 g/mol. The molecule has 1 aliphatic rings. The number of nitrogens with one attached hydrogen (secondary N) is 1. The molecule has 0 bridgehead atoms. The van der Waals surface area contributed by atoms with Crippen LogP contribution in [0.2, 0.25) is 0 Å². The lowest BCUT2D eigenvalue weighted by Gasteiger charge is -2.24. The molecule has 0 saturated heterocycles. The highest BCUT2D eigenvalue weighted by molar-refractivity contribution is 7.26. The number of nitrogens with zero attached hydrogens (tertiary/aromatic N) is 3. The maximum Gasteiger partial charge on any atom is 0.228 e. The molecule has 0 fully saturated rings. The number of rotatable bonds is 4. The van der Waals surface area contributed by atoms with Crippen molar-refractivity contribution in [1.29, 1.82) is 0 Å². The number of thiophene rings is 1. The minimum absolute atomic E-state index is 0.328. The van der Waals surface area contributed by atoms with Gasteiger partial charge >= 0.3 is 0 Å². The van der Waals surface area contributed by atoms with Gasteiger partial charge < -0.3 is 9.73 Å². The first-order valence-electron chi connectivity index (χ1n) is 16.0. The molecule has 6 heteroatoms. The lowest BCUT2D eigenvalue weighted by Crippen LogP contribution is -2.33. The minimum Gasteiger partial charge on any atom is -0.438 e. The Morgan fingerprint density at radius 3 is 2.21 bits per heavy atom. The highest BCUT2D eigenvalue weighted by atomic mass is 32.1. The second-order valence-corrected chi connectivity index (χ2v) is 13.1. The number of hydrogen-bond donors (Lipinski definition) is 1. The van der Waals surface area contributed by atoms with E-state index in [9.17, 15) is 0 Å². The summed E-state index contributed by atoms with van der Waals surface area (Å²) in [5.41, 5.74) is 6.21. The maximum atomic E-state index is 6.63. The van der Waals surface area contributed by atoms with E-state index in [0.717, 1.165) is 60.9 Å². The highest BCUT2D eigenvalue weighted by Gasteiger charge is 2.26. The Morgan fingerprint density at radius 2 is 1.35 bits per heavy atom. The summed E-state index contributed by atoms with van der Waals surface area (Å²) < 4.78 is 9.08. The van der Waals surface area contributed by atoms with E-state index in [2.05, 4.69) is 115 Å². The van der Waals surface area contributed by atoms with Gasteiger partial charge in [0.25, 0.3) is 0 Å². The van der Waals surface area contributed by atoms with Crippen molar-refractivity contribution in [3.05, 3.63) is 162 Å². The number of aromatic nitrogens is 1. The van der Waals surface area contributed by atoms with Gasteiger partial charge in [0, 0.05) is 42.2 Å². The lowest BCUT2D eigenvalue weighted by atomic mass is 10.00. The SMILES string of the molecule is c1ccc(C2=NC(c3ccccc3)NC(c3cc(-c4cccc5c4sc4ccccc45)nc4oc5cc6ccccc6cc5c34)=N2)cc1. The van der Waals surface area contributed by atoms with Gasteiger partial charge in [-0.15, -0.1) is 11.3 Å². The largest absolute Gasteiger partial charge is 0.438 e. The van der Waals surface area contributed by atoms with Gasteiger partial charge in [0.1, 0.15) is 17.6 Å². The predicted molar refractivity (Wildman–Crippen MR) is 199 cm³/mol. The summed E-state index contributed by atoms with van der Waals surface area (Å²) in [4.78, 5) is 15.5. The number of hydrogen-bond acceptors (Lipinski definition) is 6. The molecular formula is C42H26N4OS. The van der Waals surface area contributed by atoms with Crippen LogP contribution < -0.4 is 5.32 Å². The minimum atomic E-state index is -0.328. The van der Waals surface area contributed by atoms with Crippen molar-refractivity contribution in [1.82, 2.24) is 10.3 Å². The van der Waals surface area contributed by atoms with Gasteiger partial charge in [-0.3, -0.25) is 0 Å². The molecule has 4 heterocycles. The van der Waals surface area contributed by atoms with Crippen molar-refractivity contribution in [3.8, 4) is 11.3 Å². The third-order valence-corrected chi connectivity index (χ3v) is 10.4. The van der Waals surface area contributed by atoms with Gasteiger partial charge in [-0.1, -0.05) is 121 Å². The molecule has 10 rings (SSSR count). The van der Waals surface area contributed by atoms with Crippen molar-refractivity contribution < 1.29 is 4.42 Å². The molecule has 0 amide bonds. The number of pyridine rings is 1. The molecular weight excluding hydrogens is 609 g/mol. The summed E-state index contributed by atoms with van der Waals surface area (Å²) >= 11 is 1.80. The lowest BCUT2D eigenvalue weighted by molar-refractivity contribution is 0.654. The van der Waals surface area contributed by atoms with Crippen LogP contribution in [0.15, 0.2) is 160 Å². The molecule has 3 aromatic heterocycles. The molecule has 1 aliphatic heterocycles. The van der Waals surface area contributed by atoms with Crippen LogP contribution in [0.25, 0.3) is 64.3 Å². The van der Waals surface area contributed by atoms with Crippen LogP contribution in [-0.2, 0) is 0 Å². The van der Waals surface area contributed by atoms with E-state index in [-0.39, 0.29) is 6.17 Å². The Morgan fingerprint density at radius 1 is 0.625 bits per heavy atom. The maximum absolute atomic E-state index is 6.63. The van der Waals surface area contributed by atoms with Gasteiger partial charge in [-0.05, 0) is 40.6 Å². The van der Waals surface area contributed by atoms with E-state index >= 15 is 0 Å². The van der Waals surface area contributed by atoms with Crippen molar-refractivity contribution in [3.63, 3.8) is 0 Å². The Hall–Kier alpha value is -6.11. The average Bonchev–Trinajstić information content (AvgIpc) is 3.72. The van der Waals surface area contributed by atoms with E-state index in [1.165, 1.54) is 20.2 Å². The molecule has 1 atom stereocenters. The first-order chi connectivity index (χ1) is 23.8. The zero-order chi connectivity index (χ0) is 31.6. The van der Waals surface area contributed by atoms with Crippen molar-refractivity contribution in [2.45, 2.75) is 6.17 Å². The molecule has 6 aromatic carbocycles. The number of benzene rings is 6. The fraction of sp³-hybridized carbons (Fsp3) is 0.0238. The van der Waals surface area contributed by atoms with Gasteiger partial charge in [-0.25, -0.2) is 15.0 Å². The van der Waals surface area contributed by atoms with Gasteiger partial charge in [0.2, 0.25) is 5.71 Å². The van der Waals surface area contributed by atoms with Gasteiger partial charge in [0.15, 0.2) is 5.84 Å². The van der Waals surface area contributed by atoms with Gasteiger partial charge in [-0.2, -0.15) is 0 Å². The fourth-order valence-electron chi connectivity index (χ4n) is 6.84. The second kappa shape index (κ2) is 10.7. The zero-order valence-corrected chi connectivity index (χ0v) is 26.4. The molecule has 5 nitrogen and oxygen atoms in total. The quantitative estimate of drug-likeness (QED) is 0.210. The standard InChI is InChI=1S/C42H26N4OS/c1-3-12-25(13-4-1)39-44-40(26-14-5-2-6-15-26)46-41(45-39)33-24-34(31-20-11-19-30-29-18-9-10-21-36(29)48-38(30)31)43-42-37(33)32-22-27-16-7-8-17-28(27)23-35(32)47-42/h1-24,39H,(H,44,45,46). The first-order valence-corrected chi connectivity index (χ1v) is 16.8. The molecule has 0 radical (unpaired) electrons. The summed E-state index contributed by atoms with van der Waals surface area (Å²) in [6.07, 6.45) is -0.328.